The normalized spacial score (nSPS) is 18.5. The van der Waals surface area contributed by atoms with Crippen molar-refractivity contribution in [1.29, 1.82) is 0 Å². The zero-order chi connectivity index (χ0) is 20.1. The number of hydrogen-bond acceptors (Lipinski definition) is 5. The van der Waals surface area contributed by atoms with Crippen LogP contribution < -0.4 is 9.64 Å². The van der Waals surface area contributed by atoms with Gasteiger partial charge in [0, 0.05) is 24.2 Å². The number of nitrogens with zero attached hydrogens (tertiary/aromatic N) is 3. The van der Waals surface area contributed by atoms with E-state index in [-0.39, 0.29) is 0 Å². The van der Waals surface area contributed by atoms with Gasteiger partial charge in [-0.05, 0) is 70.8 Å². The highest BCUT2D eigenvalue weighted by Crippen LogP contribution is 2.28. The van der Waals surface area contributed by atoms with Crippen LogP contribution >= 0.6 is 0 Å². The molecule has 2 aromatic rings. The van der Waals surface area contributed by atoms with Gasteiger partial charge in [-0.3, -0.25) is 4.21 Å². The molecule has 1 aromatic heterocycles. The van der Waals surface area contributed by atoms with Crippen molar-refractivity contribution in [2.24, 2.45) is 11.8 Å². The highest BCUT2D eigenvalue weighted by Gasteiger charge is 2.25. The summed E-state index contributed by atoms with van der Waals surface area (Å²) in [6.45, 7) is 4.72. The van der Waals surface area contributed by atoms with Gasteiger partial charge in [0.1, 0.15) is 5.75 Å². The van der Waals surface area contributed by atoms with Crippen molar-refractivity contribution < 1.29 is 13.3 Å². The molecule has 0 N–H and O–H groups in total. The highest BCUT2D eigenvalue weighted by atomic mass is 32.2. The minimum atomic E-state index is -2.18. The van der Waals surface area contributed by atoms with Crippen LogP contribution in [0.1, 0.15) is 26.2 Å². The molecular weight excluding hydrogens is 377 g/mol. The number of piperidine rings is 1. The maximum atomic E-state index is 13.0. The number of hydrogen-bond donors (Lipinski definition) is 0. The van der Waals surface area contributed by atoms with E-state index < -0.39 is 15.3 Å². The van der Waals surface area contributed by atoms with E-state index >= 15 is 0 Å². The number of rotatable bonds is 7. The van der Waals surface area contributed by atoms with E-state index in [2.05, 4.69) is 27.7 Å². The minimum Gasteiger partial charge on any atom is -0.494 e. The van der Waals surface area contributed by atoms with Gasteiger partial charge in [0.25, 0.3) is 0 Å². The number of halogens is 1. The zero-order valence-corrected chi connectivity index (χ0v) is 17.3. The van der Waals surface area contributed by atoms with E-state index in [0.29, 0.717) is 24.4 Å². The van der Waals surface area contributed by atoms with Gasteiger partial charge in [0.15, 0.2) is 5.82 Å². The summed E-state index contributed by atoms with van der Waals surface area (Å²) in [5.74, 6) is 5.89. The molecule has 0 saturated carbocycles. The van der Waals surface area contributed by atoms with Crippen LogP contribution in [0.2, 0.25) is 0 Å². The second kappa shape index (κ2) is 8.90. The topological polar surface area (TPSA) is 55.3 Å². The molecule has 2 atom stereocenters. The number of ether oxygens (including phenoxy) is 1. The van der Waals surface area contributed by atoms with Gasteiger partial charge in [0.2, 0.25) is 5.95 Å². The monoisotopic (exact) mass is 405 g/mol. The first-order valence-corrected chi connectivity index (χ1v) is 11.7. The third-order valence-electron chi connectivity index (χ3n) is 5.40. The summed E-state index contributed by atoms with van der Waals surface area (Å²) in [7, 11) is -2.18. The van der Waals surface area contributed by atoms with E-state index in [1.807, 2.05) is 24.3 Å². The average Bonchev–Trinajstić information content (AvgIpc) is 2.68. The second-order valence-corrected chi connectivity index (χ2v) is 10.1. The fourth-order valence-electron chi connectivity index (χ4n) is 3.56. The second-order valence-electron chi connectivity index (χ2n) is 7.62. The molecular formula is C21H28FN3O2S. The Morgan fingerprint density at radius 2 is 1.86 bits per heavy atom. The first-order chi connectivity index (χ1) is 13.3. The maximum Gasteiger partial charge on any atom is 0.225 e. The number of aromatic nitrogens is 2. The molecule has 1 aromatic carbocycles. The fourth-order valence-corrected chi connectivity index (χ4v) is 4.27. The third-order valence-corrected chi connectivity index (χ3v) is 6.67. The lowest BCUT2D eigenvalue weighted by atomic mass is 9.84. The largest absolute Gasteiger partial charge is 0.494 e. The Balaban J connectivity index is 1.42. The smallest absolute Gasteiger partial charge is 0.225 e. The Bertz CT molecular complexity index is 862. The van der Waals surface area contributed by atoms with Crippen LogP contribution in [0.15, 0.2) is 41.6 Å². The van der Waals surface area contributed by atoms with Crippen molar-refractivity contribution in [3.63, 3.8) is 0 Å². The third kappa shape index (κ3) is 5.44. The molecule has 3 rings (SSSR count). The lowest BCUT2D eigenvalue weighted by Crippen LogP contribution is -2.37. The summed E-state index contributed by atoms with van der Waals surface area (Å²) in [4.78, 5) is 11.0. The average molecular weight is 406 g/mol. The molecule has 0 spiro atoms. The Morgan fingerprint density at radius 1 is 1.25 bits per heavy atom. The van der Waals surface area contributed by atoms with Crippen molar-refractivity contribution in [2.45, 2.75) is 31.1 Å². The van der Waals surface area contributed by atoms with Crippen LogP contribution in [0, 0.1) is 17.7 Å². The van der Waals surface area contributed by atoms with E-state index in [0.717, 1.165) is 43.0 Å². The molecule has 2 heterocycles. The molecule has 0 bridgehead atoms. The summed E-state index contributed by atoms with van der Waals surface area (Å²) in [5, 5.41) is 0. The number of benzene rings is 1. The van der Waals surface area contributed by atoms with Gasteiger partial charge in [-0.1, -0.05) is 6.92 Å². The quantitative estimate of drug-likeness (QED) is 0.658. The molecule has 1 saturated heterocycles. The van der Waals surface area contributed by atoms with Crippen LogP contribution in [-0.2, 0) is 9.52 Å². The SMILES string of the molecule is C=S(C)(=O)c1ccc(OCCC(C)C2CCN(c3ncc(F)cn3)CC2)cc1. The Labute approximate surface area is 167 Å². The van der Waals surface area contributed by atoms with E-state index in [9.17, 15) is 8.60 Å². The summed E-state index contributed by atoms with van der Waals surface area (Å²) >= 11 is 0. The Kier molecular flexibility index (Phi) is 6.54. The highest BCUT2D eigenvalue weighted by molar-refractivity contribution is 7.99. The standard InChI is InChI=1S/C21H28FN3O2S/c1-16(10-13-27-19-4-6-20(7-5-19)28(2,3)26)17-8-11-25(12-9-17)21-23-14-18(22)15-24-21/h4-7,14-17H,2,8-13H2,1,3H3. The van der Waals surface area contributed by atoms with Crippen LogP contribution in [0.5, 0.6) is 5.75 Å². The lowest BCUT2D eigenvalue weighted by molar-refractivity contribution is 0.222. The molecule has 0 radical (unpaired) electrons. The van der Waals surface area contributed by atoms with Crippen molar-refractivity contribution in [2.75, 3.05) is 30.9 Å². The number of anilines is 1. The van der Waals surface area contributed by atoms with Crippen LogP contribution in [0.4, 0.5) is 10.3 Å². The lowest BCUT2D eigenvalue weighted by Gasteiger charge is -2.34. The molecule has 0 amide bonds. The first-order valence-electron chi connectivity index (χ1n) is 9.60. The molecule has 1 fully saturated rings. The van der Waals surface area contributed by atoms with Gasteiger partial charge in [-0.25, -0.2) is 14.4 Å². The molecule has 2 unspecified atom stereocenters. The molecule has 152 valence electrons. The zero-order valence-electron chi connectivity index (χ0n) is 16.5. The van der Waals surface area contributed by atoms with Crippen LogP contribution in [0.25, 0.3) is 0 Å². The predicted molar refractivity (Wildman–Crippen MR) is 112 cm³/mol. The van der Waals surface area contributed by atoms with Gasteiger partial charge in [0.05, 0.1) is 19.0 Å². The van der Waals surface area contributed by atoms with E-state index in [4.69, 9.17) is 4.74 Å². The molecule has 7 heteroatoms. The molecule has 0 aliphatic carbocycles. The van der Waals surface area contributed by atoms with Gasteiger partial charge < -0.3 is 9.64 Å². The molecule has 1 aliphatic rings. The Morgan fingerprint density at radius 3 is 2.43 bits per heavy atom. The summed E-state index contributed by atoms with van der Waals surface area (Å²) < 4.78 is 30.7. The van der Waals surface area contributed by atoms with Gasteiger partial charge in [-0.15, -0.1) is 0 Å². The van der Waals surface area contributed by atoms with Crippen molar-refractivity contribution in [3.05, 3.63) is 42.5 Å². The predicted octanol–water partition coefficient (Wildman–Crippen LogP) is 3.64. The van der Waals surface area contributed by atoms with Crippen molar-refractivity contribution in [1.82, 2.24) is 9.97 Å². The fraction of sp³-hybridized carbons (Fsp3) is 0.476. The van der Waals surface area contributed by atoms with Crippen molar-refractivity contribution in [3.8, 4) is 5.75 Å². The molecule has 5 nitrogen and oxygen atoms in total. The van der Waals surface area contributed by atoms with E-state index in [1.54, 1.807) is 6.26 Å². The van der Waals surface area contributed by atoms with Gasteiger partial charge in [-0.2, -0.15) is 0 Å². The van der Waals surface area contributed by atoms with Crippen LogP contribution in [-0.4, -0.2) is 46.0 Å². The van der Waals surface area contributed by atoms with Gasteiger partial charge >= 0.3 is 0 Å². The minimum absolute atomic E-state index is 0.406. The van der Waals surface area contributed by atoms with Crippen LogP contribution in [0.3, 0.4) is 0 Å². The molecule has 1 aliphatic heterocycles. The maximum absolute atomic E-state index is 13.0. The van der Waals surface area contributed by atoms with E-state index in [1.165, 1.54) is 12.4 Å². The molecule has 28 heavy (non-hydrogen) atoms. The summed E-state index contributed by atoms with van der Waals surface area (Å²) in [6, 6.07) is 7.35. The first kappa shape index (κ1) is 20.6. The summed E-state index contributed by atoms with van der Waals surface area (Å²) in [6.07, 6.45) is 7.21. The Hall–Kier alpha value is -2.15. The van der Waals surface area contributed by atoms with Crippen molar-refractivity contribution >= 4 is 21.3 Å². The summed E-state index contributed by atoms with van der Waals surface area (Å²) in [5.41, 5.74) is 0.